The normalized spacial score (nSPS) is 21.7. The van der Waals surface area contributed by atoms with Crippen LogP contribution in [0.15, 0.2) is 36.4 Å². The summed E-state index contributed by atoms with van der Waals surface area (Å²) in [6.07, 6.45) is 3.04. The highest BCUT2D eigenvalue weighted by Gasteiger charge is 2.49. The number of amides is 3. The van der Waals surface area contributed by atoms with Gasteiger partial charge in [-0.25, -0.2) is 8.78 Å². The third-order valence-electron chi connectivity index (χ3n) is 7.20. The van der Waals surface area contributed by atoms with Crippen molar-refractivity contribution in [2.45, 2.75) is 64.0 Å². The van der Waals surface area contributed by atoms with Crippen molar-refractivity contribution < 1.29 is 31.9 Å². The zero-order valence-corrected chi connectivity index (χ0v) is 20.6. The van der Waals surface area contributed by atoms with E-state index in [4.69, 9.17) is 0 Å². The summed E-state index contributed by atoms with van der Waals surface area (Å²) in [5.74, 6) is -8.53. The molecule has 2 heterocycles. The average Bonchev–Trinajstić information content (AvgIpc) is 2.82. The highest BCUT2D eigenvalue weighted by atomic mass is 19.3. The fourth-order valence-electron chi connectivity index (χ4n) is 5.26. The molecule has 2 aliphatic heterocycles. The van der Waals surface area contributed by atoms with E-state index < -0.39 is 41.0 Å². The second-order valence-electron chi connectivity index (χ2n) is 9.95. The summed E-state index contributed by atoms with van der Waals surface area (Å²) >= 11 is 0. The van der Waals surface area contributed by atoms with Crippen molar-refractivity contribution in [2.24, 2.45) is 5.92 Å². The molecule has 3 fully saturated rings. The highest BCUT2D eigenvalue weighted by Crippen LogP contribution is 2.39. The van der Waals surface area contributed by atoms with Crippen molar-refractivity contribution in [1.29, 1.82) is 0 Å². The van der Waals surface area contributed by atoms with Crippen LogP contribution in [0.5, 0.6) is 0 Å². The number of hydrogen-bond acceptors (Lipinski definition) is 3. The lowest BCUT2D eigenvalue weighted by Gasteiger charge is -2.45. The molecule has 198 valence electrons. The summed E-state index contributed by atoms with van der Waals surface area (Å²) in [7, 11) is 0. The van der Waals surface area contributed by atoms with E-state index in [0.717, 1.165) is 29.5 Å². The van der Waals surface area contributed by atoms with Crippen molar-refractivity contribution in [3.63, 3.8) is 0 Å². The summed E-state index contributed by atoms with van der Waals surface area (Å²) in [6, 6.07) is 5.56. The van der Waals surface area contributed by atoms with Crippen LogP contribution in [-0.2, 0) is 15.5 Å². The number of piperidine rings is 1. The highest BCUT2D eigenvalue weighted by molar-refractivity contribution is 6.04. The van der Waals surface area contributed by atoms with Gasteiger partial charge in [0, 0.05) is 36.8 Å². The first-order chi connectivity index (χ1) is 17.5. The Labute approximate surface area is 212 Å². The van der Waals surface area contributed by atoms with Crippen LogP contribution in [0.1, 0.15) is 60.5 Å². The number of nitrogens with zero attached hydrogens (tertiary/aromatic N) is 1. The van der Waals surface area contributed by atoms with Crippen LogP contribution in [0.25, 0.3) is 0 Å². The SMILES string of the molecule is CC(=O)N[C@H]1CCC2CC[C@H](C1)N(C(=O)C(F)(F)c1cc(C(=O)Nc3ccc(F)c(C)c3)ccc1F)C2. The Hall–Kier alpha value is -3.43. The Kier molecular flexibility index (Phi) is 7.57. The fraction of sp³-hybridized carbons (Fsp3) is 0.444. The largest absolute Gasteiger partial charge is 0.354 e. The van der Waals surface area contributed by atoms with Crippen molar-refractivity contribution in [2.75, 3.05) is 11.9 Å². The molecule has 0 aromatic heterocycles. The second-order valence-corrected chi connectivity index (χ2v) is 9.95. The Morgan fingerprint density at radius 1 is 0.973 bits per heavy atom. The number of benzene rings is 2. The first-order valence-corrected chi connectivity index (χ1v) is 12.3. The van der Waals surface area contributed by atoms with Gasteiger partial charge in [0.15, 0.2) is 0 Å². The molecule has 3 aliphatic rings. The predicted molar refractivity (Wildman–Crippen MR) is 129 cm³/mol. The van der Waals surface area contributed by atoms with E-state index in [1.165, 1.54) is 26.0 Å². The molecule has 2 aromatic carbocycles. The number of rotatable bonds is 5. The molecule has 2 aromatic rings. The van der Waals surface area contributed by atoms with Crippen LogP contribution >= 0.6 is 0 Å². The number of carbonyl (C=O) groups is 3. The van der Waals surface area contributed by atoms with Gasteiger partial charge in [0.05, 0.1) is 5.56 Å². The van der Waals surface area contributed by atoms with E-state index in [1.54, 1.807) is 0 Å². The van der Waals surface area contributed by atoms with Crippen molar-refractivity contribution in [3.8, 4) is 0 Å². The Balaban J connectivity index is 1.57. The Morgan fingerprint density at radius 3 is 2.38 bits per heavy atom. The molecular weight excluding hydrogens is 490 g/mol. The topological polar surface area (TPSA) is 78.5 Å². The number of alkyl halides is 2. The van der Waals surface area contributed by atoms with Gasteiger partial charge in [0.25, 0.3) is 11.8 Å². The van der Waals surface area contributed by atoms with Gasteiger partial charge >= 0.3 is 5.92 Å². The molecule has 1 aliphatic carbocycles. The van der Waals surface area contributed by atoms with Crippen LogP contribution in [0.2, 0.25) is 0 Å². The van der Waals surface area contributed by atoms with Crippen LogP contribution in [0, 0.1) is 24.5 Å². The quantitative estimate of drug-likeness (QED) is 0.551. The number of halogens is 4. The van der Waals surface area contributed by atoms with E-state index in [9.17, 15) is 23.2 Å². The minimum Gasteiger partial charge on any atom is -0.354 e. The smallest absolute Gasteiger partial charge is 0.352 e. The molecule has 37 heavy (non-hydrogen) atoms. The van der Waals surface area contributed by atoms with Crippen molar-refractivity contribution >= 4 is 23.4 Å². The number of aryl methyl sites for hydroxylation is 1. The maximum Gasteiger partial charge on any atom is 0.352 e. The Morgan fingerprint density at radius 2 is 1.68 bits per heavy atom. The molecule has 2 bridgehead atoms. The zero-order valence-electron chi connectivity index (χ0n) is 20.6. The van der Waals surface area contributed by atoms with Gasteiger partial charge in [0.2, 0.25) is 5.91 Å². The lowest BCUT2D eigenvalue weighted by Crippen LogP contribution is -2.55. The van der Waals surface area contributed by atoms with Crippen LogP contribution in [0.4, 0.5) is 23.2 Å². The van der Waals surface area contributed by atoms with Gasteiger partial charge in [-0.05, 0) is 86.9 Å². The van der Waals surface area contributed by atoms with Crippen molar-refractivity contribution in [1.82, 2.24) is 10.2 Å². The molecule has 5 rings (SSSR count). The first-order valence-electron chi connectivity index (χ1n) is 12.3. The van der Waals surface area contributed by atoms with E-state index in [0.29, 0.717) is 31.7 Å². The molecule has 3 amide bonds. The molecule has 6 nitrogen and oxygen atoms in total. The lowest BCUT2D eigenvalue weighted by molar-refractivity contribution is -0.165. The number of fused-ring (bicyclic) bond motifs is 5. The van der Waals surface area contributed by atoms with Gasteiger partial charge < -0.3 is 15.5 Å². The summed E-state index contributed by atoms with van der Waals surface area (Å²) < 4.78 is 59.3. The van der Waals surface area contributed by atoms with Crippen LogP contribution < -0.4 is 10.6 Å². The molecule has 2 saturated heterocycles. The second kappa shape index (κ2) is 10.5. The van der Waals surface area contributed by atoms with Crippen molar-refractivity contribution in [3.05, 3.63) is 64.7 Å². The fourth-order valence-corrected chi connectivity index (χ4v) is 5.26. The maximum absolute atomic E-state index is 15.6. The number of carbonyl (C=O) groups excluding carboxylic acids is 3. The molecule has 3 atom stereocenters. The molecule has 0 spiro atoms. The molecular formula is C27H29F4N3O3. The van der Waals surface area contributed by atoms with Crippen LogP contribution in [0.3, 0.4) is 0 Å². The summed E-state index contributed by atoms with van der Waals surface area (Å²) in [4.78, 5) is 38.5. The summed E-state index contributed by atoms with van der Waals surface area (Å²) in [5, 5.41) is 5.30. The standard InChI is InChI=1S/C27H29F4N3O3/c1-15-11-19(7-10-23(15)28)33-25(36)18-5-9-24(29)22(12-18)27(30,31)26(37)34-14-17-3-6-20(32-16(2)35)13-21(34)8-4-17/h5,7,9-12,17,20-21H,3-4,6,8,13-14H2,1-2H3,(H,32,35)(H,33,36)/t17?,20-,21+/m0/s1. The first kappa shape index (κ1) is 26.6. The predicted octanol–water partition coefficient (Wildman–Crippen LogP) is 4.91. The minimum atomic E-state index is -4.21. The van der Waals surface area contributed by atoms with E-state index in [1.807, 2.05) is 0 Å². The molecule has 10 heteroatoms. The molecule has 1 unspecified atom stereocenters. The maximum atomic E-state index is 15.6. The van der Waals surface area contributed by atoms with Crippen LogP contribution in [-0.4, -0.2) is 41.2 Å². The number of hydrogen-bond donors (Lipinski definition) is 2. The van der Waals surface area contributed by atoms with Gasteiger partial charge in [-0.1, -0.05) is 0 Å². The van der Waals surface area contributed by atoms with Gasteiger partial charge in [0.1, 0.15) is 11.6 Å². The third kappa shape index (κ3) is 5.78. The lowest BCUT2D eigenvalue weighted by atomic mass is 9.81. The molecule has 1 saturated carbocycles. The summed E-state index contributed by atoms with van der Waals surface area (Å²) in [5.41, 5.74) is -0.941. The molecule has 2 N–H and O–H groups in total. The number of nitrogens with one attached hydrogen (secondary N) is 2. The summed E-state index contributed by atoms with van der Waals surface area (Å²) in [6.45, 7) is 3.03. The third-order valence-corrected chi connectivity index (χ3v) is 7.20. The van der Waals surface area contributed by atoms with E-state index >= 15 is 8.78 Å². The Bertz CT molecular complexity index is 1220. The van der Waals surface area contributed by atoms with Gasteiger partial charge in [-0.3, -0.25) is 14.4 Å². The molecule has 0 radical (unpaired) electrons. The van der Waals surface area contributed by atoms with Gasteiger partial charge in [-0.2, -0.15) is 8.78 Å². The van der Waals surface area contributed by atoms with E-state index in [2.05, 4.69) is 10.6 Å². The van der Waals surface area contributed by atoms with Gasteiger partial charge in [-0.15, -0.1) is 0 Å². The number of anilines is 1. The zero-order chi connectivity index (χ0) is 26.9. The minimum absolute atomic E-state index is 0.00804. The van der Waals surface area contributed by atoms with E-state index in [-0.39, 0.29) is 41.2 Å². The monoisotopic (exact) mass is 519 g/mol. The average molecular weight is 520 g/mol.